The number of ether oxygens (including phenoxy) is 2. The third-order valence-electron chi connectivity index (χ3n) is 5.91. The van der Waals surface area contributed by atoms with Crippen LogP contribution in [0, 0.1) is 5.41 Å². The topological polar surface area (TPSA) is 18.5 Å². The molecule has 1 atom stereocenters. The van der Waals surface area contributed by atoms with E-state index in [1.165, 1.54) is 39.0 Å². The third kappa shape index (κ3) is 2.14. The molecule has 25 heavy (non-hydrogen) atoms. The zero-order chi connectivity index (χ0) is 17.2. The molecule has 1 heterocycles. The first-order valence-corrected chi connectivity index (χ1v) is 8.94. The zero-order valence-electron chi connectivity index (χ0n) is 14.9. The first-order chi connectivity index (χ1) is 12.0. The fourth-order valence-electron chi connectivity index (χ4n) is 4.61. The van der Waals surface area contributed by atoms with Crippen LogP contribution in [0.4, 0.5) is 0 Å². The summed E-state index contributed by atoms with van der Waals surface area (Å²) in [5.41, 5.74) is 9.61. The maximum Gasteiger partial charge on any atom is 0.189 e. The van der Waals surface area contributed by atoms with E-state index in [9.17, 15) is 0 Å². The summed E-state index contributed by atoms with van der Waals surface area (Å²) in [6, 6.07) is 8.72. The summed E-state index contributed by atoms with van der Waals surface area (Å²) in [5.74, 6) is 0.939. The van der Waals surface area contributed by atoms with Crippen molar-refractivity contribution < 1.29 is 9.47 Å². The number of hydrogen-bond donors (Lipinski definition) is 0. The van der Waals surface area contributed by atoms with Crippen molar-refractivity contribution in [1.82, 2.24) is 0 Å². The van der Waals surface area contributed by atoms with Crippen molar-refractivity contribution in [2.24, 2.45) is 5.41 Å². The molecule has 1 aromatic rings. The molecule has 1 unspecified atom stereocenters. The van der Waals surface area contributed by atoms with E-state index in [-0.39, 0.29) is 11.5 Å². The largest absolute Gasteiger partial charge is 0.469 e. The number of allylic oxidation sites excluding steroid dienone is 7. The van der Waals surface area contributed by atoms with Gasteiger partial charge in [-0.3, -0.25) is 0 Å². The van der Waals surface area contributed by atoms with Crippen molar-refractivity contribution in [2.45, 2.75) is 33.3 Å². The quantitative estimate of drug-likeness (QED) is 0.750. The van der Waals surface area contributed by atoms with E-state index in [1.807, 2.05) is 0 Å². The Kier molecular flexibility index (Phi) is 3.05. The molecule has 0 aromatic heterocycles. The lowest BCUT2D eigenvalue weighted by atomic mass is 9.72. The fraction of sp³-hybridized carbons (Fsp3) is 0.304. The second-order valence-electron chi connectivity index (χ2n) is 7.80. The summed E-state index contributed by atoms with van der Waals surface area (Å²) in [6.45, 7) is 7.29. The predicted octanol–water partition coefficient (Wildman–Crippen LogP) is 5.11. The molecule has 0 radical (unpaired) electrons. The molecule has 1 aliphatic heterocycles. The average molecular weight is 330 g/mol. The van der Waals surface area contributed by atoms with E-state index in [2.05, 4.69) is 69.3 Å². The van der Waals surface area contributed by atoms with Gasteiger partial charge >= 0.3 is 0 Å². The maximum absolute atomic E-state index is 5.71. The number of hydrogen-bond acceptors (Lipinski definition) is 2. The van der Waals surface area contributed by atoms with Crippen molar-refractivity contribution in [3.8, 4) is 0 Å². The number of benzene rings is 1. The first kappa shape index (κ1) is 15.0. The molecule has 1 fully saturated rings. The van der Waals surface area contributed by atoms with Crippen LogP contribution in [-0.4, -0.2) is 12.9 Å². The monoisotopic (exact) mass is 330 g/mol. The minimum Gasteiger partial charge on any atom is -0.469 e. The van der Waals surface area contributed by atoms with Gasteiger partial charge in [0.15, 0.2) is 6.79 Å². The zero-order valence-corrected chi connectivity index (χ0v) is 14.9. The SMILES string of the molecule is CC1=C(C(C)(C)C2=Cc3ccccc3C2)C2=CC3OCOC3=CC2=C1. The lowest BCUT2D eigenvalue weighted by Crippen LogP contribution is -2.22. The lowest BCUT2D eigenvalue weighted by Gasteiger charge is -2.32. The highest BCUT2D eigenvalue weighted by atomic mass is 16.7. The molecule has 2 nitrogen and oxygen atoms in total. The van der Waals surface area contributed by atoms with Crippen LogP contribution in [0.15, 0.2) is 76.1 Å². The Hall–Kier alpha value is -2.32. The predicted molar refractivity (Wildman–Crippen MR) is 99.7 cm³/mol. The van der Waals surface area contributed by atoms with Crippen LogP contribution in [0.3, 0.4) is 0 Å². The molecule has 126 valence electrons. The van der Waals surface area contributed by atoms with Gasteiger partial charge in [0.2, 0.25) is 0 Å². The third-order valence-corrected chi connectivity index (χ3v) is 5.91. The van der Waals surface area contributed by atoms with Crippen LogP contribution < -0.4 is 0 Å². The standard InChI is InChI=1S/C23H22O2/c1-14-8-17-11-20-21(25-13-24-20)12-19(17)22(14)23(2,3)18-9-15-6-4-5-7-16(15)10-18/h4-9,11-12,21H,10,13H2,1-3H3. The Morgan fingerprint density at radius 2 is 1.92 bits per heavy atom. The van der Waals surface area contributed by atoms with Gasteiger partial charge in [0, 0.05) is 5.41 Å². The molecule has 5 rings (SSSR count). The summed E-state index contributed by atoms with van der Waals surface area (Å²) in [4.78, 5) is 0. The molecule has 0 bridgehead atoms. The Morgan fingerprint density at radius 3 is 2.76 bits per heavy atom. The van der Waals surface area contributed by atoms with Crippen molar-refractivity contribution in [1.29, 1.82) is 0 Å². The number of rotatable bonds is 2. The van der Waals surface area contributed by atoms with Gasteiger partial charge in [0.05, 0.1) is 0 Å². The highest BCUT2D eigenvalue weighted by molar-refractivity contribution is 5.72. The molecule has 1 saturated heterocycles. The van der Waals surface area contributed by atoms with Gasteiger partial charge in [-0.25, -0.2) is 0 Å². The van der Waals surface area contributed by atoms with E-state index >= 15 is 0 Å². The van der Waals surface area contributed by atoms with E-state index in [0.717, 1.165) is 12.2 Å². The second-order valence-corrected chi connectivity index (χ2v) is 7.80. The van der Waals surface area contributed by atoms with Crippen LogP contribution in [-0.2, 0) is 15.9 Å². The summed E-state index contributed by atoms with van der Waals surface area (Å²) in [7, 11) is 0. The molecule has 4 aliphatic rings. The molecule has 0 saturated carbocycles. The summed E-state index contributed by atoms with van der Waals surface area (Å²) in [5, 5.41) is 0. The minimum atomic E-state index is -0.0291. The smallest absolute Gasteiger partial charge is 0.189 e. The van der Waals surface area contributed by atoms with Crippen molar-refractivity contribution >= 4 is 6.08 Å². The van der Waals surface area contributed by atoms with Gasteiger partial charge < -0.3 is 9.47 Å². The van der Waals surface area contributed by atoms with Gasteiger partial charge in [-0.2, -0.15) is 0 Å². The van der Waals surface area contributed by atoms with E-state index in [4.69, 9.17) is 9.47 Å². The second kappa shape index (κ2) is 5.09. The normalized spacial score (nSPS) is 24.0. The van der Waals surface area contributed by atoms with Crippen LogP contribution in [0.5, 0.6) is 0 Å². The van der Waals surface area contributed by atoms with Crippen LogP contribution in [0.1, 0.15) is 31.9 Å². The van der Waals surface area contributed by atoms with Gasteiger partial charge in [0.1, 0.15) is 11.9 Å². The molecule has 3 aliphatic carbocycles. The fourth-order valence-corrected chi connectivity index (χ4v) is 4.61. The van der Waals surface area contributed by atoms with Gasteiger partial charge in [0.25, 0.3) is 0 Å². The van der Waals surface area contributed by atoms with Crippen molar-refractivity contribution in [3.63, 3.8) is 0 Å². The number of fused-ring (bicyclic) bond motifs is 3. The Balaban J connectivity index is 1.54. The molecule has 0 spiro atoms. The van der Waals surface area contributed by atoms with Crippen LogP contribution in [0.2, 0.25) is 0 Å². The van der Waals surface area contributed by atoms with E-state index < -0.39 is 0 Å². The lowest BCUT2D eigenvalue weighted by molar-refractivity contribution is 0.0629. The van der Waals surface area contributed by atoms with Crippen LogP contribution >= 0.6 is 0 Å². The molecule has 2 heteroatoms. The first-order valence-electron chi connectivity index (χ1n) is 8.94. The highest BCUT2D eigenvalue weighted by Crippen LogP contribution is 2.51. The molecular weight excluding hydrogens is 308 g/mol. The van der Waals surface area contributed by atoms with Crippen molar-refractivity contribution in [2.75, 3.05) is 6.79 Å². The average Bonchev–Trinajstić information content (AvgIpc) is 3.27. The summed E-state index contributed by atoms with van der Waals surface area (Å²) >= 11 is 0. The van der Waals surface area contributed by atoms with Gasteiger partial charge in [-0.15, -0.1) is 0 Å². The Morgan fingerprint density at radius 1 is 1.08 bits per heavy atom. The minimum absolute atomic E-state index is 0.0159. The maximum atomic E-state index is 5.71. The van der Waals surface area contributed by atoms with Crippen molar-refractivity contribution in [3.05, 3.63) is 87.2 Å². The van der Waals surface area contributed by atoms with Gasteiger partial charge in [-0.1, -0.05) is 55.8 Å². The molecular formula is C23H22O2. The van der Waals surface area contributed by atoms with Gasteiger partial charge in [-0.05, 0) is 58.9 Å². The van der Waals surface area contributed by atoms with Crippen LogP contribution in [0.25, 0.3) is 6.08 Å². The highest BCUT2D eigenvalue weighted by Gasteiger charge is 2.39. The molecule has 0 N–H and O–H groups in total. The summed E-state index contributed by atoms with van der Waals surface area (Å²) in [6.07, 6.45) is 10.1. The molecule has 1 aromatic carbocycles. The van der Waals surface area contributed by atoms with E-state index in [1.54, 1.807) is 0 Å². The Labute approximate surface area is 148 Å². The van der Waals surface area contributed by atoms with E-state index in [0.29, 0.717) is 6.79 Å². The summed E-state index contributed by atoms with van der Waals surface area (Å²) < 4.78 is 11.3. The Bertz CT molecular complexity index is 935. The molecule has 0 amide bonds.